The molecule has 0 unspecified atom stereocenters. The summed E-state index contributed by atoms with van der Waals surface area (Å²) in [5, 5.41) is 0. The Morgan fingerprint density at radius 3 is 1.83 bits per heavy atom. The predicted molar refractivity (Wildman–Crippen MR) is 53.9 cm³/mol. The van der Waals surface area contributed by atoms with Crippen LogP contribution in [0.2, 0.25) is 0 Å². The van der Waals surface area contributed by atoms with Gasteiger partial charge in [0.1, 0.15) is 0 Å². The number of primary amides is 1. The van der Waals surface area contributed by atoms with Gasteiger partial charge in [0, 0.05) is 11.3 Å². The largest absolute Gasteiger partial charge is 0.399 e. The number of rotatable bonds is 1. The molecule has 0 radical (unpaired) electrons. The van der Waals surface area contributed by atoms with Crippen LogP contribution in [0.15, 0.2) is 24.3 Å². The third-order valence-corrected chi connectivity index (χ3v) is 1.20. The second-order valence-electron chi connectivity index (χ2n) is 1.99. The van der Waals surface area contributed by atoms with Crippen LogP contribution >= 0.6 is 24.8 Å². The molecule has 0 heterocycles. The second-order valence-corrected chi connectivity index (χ2v) is 1.99. The van der Waals surface area contributed by atoms with Crippen LogP contribution in [-0.4, -0.2) is 5.91 Å². The fourth-order valence-corrected chi connectivity index (χ4v) is 0.647. The first-order valence-electron chi connectivity index (χ1n) is 2.85. The van der Waals surface area contributed by atoms with Gasteiger partial charge in [-0.3, -0.25) is 4.79 Å². The van der Waals surface area contributed by atoms with Gasteiger partial charge in [0.25, 0.3) is 0 Å². The van der Waals surface area contributed by atoms with E-state index in [2.05, 4.69) is 0 Å². The van der Waals surface area contributed by atoms with Crippen molar-refractivity contribution in [1.29, 1.82) is 0 Å². The van der Waals surface area contributed by atoms with Gasteiger partial charge in [-0.25, -0.2) is 0 Å². The monoisotopic (exact) mass is 208 g/mol. The molecule has 5 heteroatoms. The molecule has 0 atom stereocenters. The average Bonchev–Trinajstić information content (AvgIpc) is 1.88. The van der Waals surface area contributed by atoms with Crippen LogP contribution in [-0.2, 0) is 0 Å². The topological polar surface area (TPSA) is 69.1 Å². The van der Waals surface area contributed by atoms with Crippen LogP contribution in [0.1, 0.15) is 10.4 Å². The Labute approximate surface area is 82.9 Å². The van der Waals surface area contributed by atoms with E-state index in [1.165, 1.54) is 0 Å². The number of nitrogens with two attached hydrogens (primary N) is 2. The minimum atomic E-state index is -0.431. The third-order valence-electron chi connectivity index (χ3n) is 1.20. The minimum absolute atomic E-state index is 0. The fraction of sp³-hybridized carbons (Fsp3) is 0. The molecule has 12 heavy (non-hydrogen) atoms. The van der Waals surface area contributed by atoms with Crippen LogP contribution in [0, 0.1) is 0 Å². The standard InChI is InChI=1S/C7H8N2O.2ClH/c8-6-3-1-5(2-4-6)7(9)10;;/h1-4H,8H2,(H2,9,10);2*1H. The van der Waals surface area contributed by atoms with Crippen molar-refractivity contribution in [3.63, 3.8) is 0 Å². The highest BCUT2D eigenvalue weighted by atomic mass is 35.5. The molecule has 1 rings (SSSR count). The van der Waals surface area contributed by atoms with Crippen molar-refractivity contribution in [1.82, 2.24) is 0 Å². The Kier molecular flexibility index (Phi) is 6.47. The zero-order valence-corrected chi connectivity index (χ0v) is 7.82. The lowest BCUT2D eigenvalue weighted by Gasteiger charge is -1.93. The van der Waals surface area contributed by atoms with Crippen LogP contribution in [0.25, 0.3) is 0 Å². The Bertz CT molecular complexity index is 248. The Balaban J connectivity index is 0. The lowest BCUT2D eigenvalue weighted by Crippen LogP contribution is -2.10. The molecule has 0 saturated carbocycles. The van der Waals surface area contributed by atoms with E-state index in [1.54, 1.807) is 24.3 Å². The number of benzene rings is 1. The van der Waals surface area contributed by atoms with E-state index < -0.39 is 5.91 Å². The summed E-state index contributed by atoms with van der Waals surface area (Å²) in [6, 6.07) is 6.47. The molecule has 0 aliphatic heterocycles. The maximum absolute atomic E-state index is 10.5. The van der Waals surface area contributed by atoms with Gasteiger partial charge in [-0.15, -0.1) is 24.8 Å². The molecule has 4 N–H and O–H groups in total. The molecule has 1 aromatic carbocycles. The smallest absolute Gasteiger partial charge is 0.248 e. The lowest BCUT2D eigenvalue weighted by molar-refractivity contribution is 0.100. The van der Waals surface area contributed by atoms with Crippen LogP contribution < -0.4 is 11.5 Å². The Morgan fingerprint density at radius 1 is 1.08 bits per heavy atom. The first-order chi connectivity index (χ1) is 4.70. The van der Waals surface area contributed by atoms with Crippen molar-refractivity contribution in [2.24, 2.45) is 5.73 Å². The van der Waals surface area contributed by atoms with Gasteiger partial charge < -0.3 is 11.5 Å². The van der Waals surface area contributed by atoms with E-state index in [0.717, 1.165) is 0 Å². The van der Waals surface area contributed by atoms with Gasteiger partial charge in [0.05, 0.1) is 0 Å². The zero-order chi connectivity index (χ0) is 7.56. The molecule has 1 aromatic rings. The second kappa shape index (κ2) is 5.69. The summed E-state index contributed by atoms with van der Waals surface area (Å²) in [6.07, 6.45) is 0. The SMILES string of the molecule is Cl.Cl.NC(=O)c1ccc(N)cc1. The van der Waals surface area contributed by atoms with Crippen molar-refractivity contribution < 1.29 is 4.79 Å². The van der Waals surface area contributed by atoms with Crippen molar-refractivity contribution in [2.45, 2.75) is 0 Å². The van der Waals surface area contributed by atoms with Gasteiger partial charge in [-0.1, -0.05) is 0 Å². The summed E-state index contributed by atoms with van der Waals surface area (Å²) in [7, 11) is 0. The number of hydrogen-bond donors (Lipinski definition) is 2. The summed E-state index contributed by atoms with van der Waals surface area (Å²) in [6.45, 7) is 0. The van der Waals surface area contributed by atoms with Crippen molar-refractivity contribution in [3.05, 3.63) is 29.8 Å². The third kappa shape index (κ3) is 3.46. The first-order valence-corrected chi connectivity index (χ1v) is 2.85. The summed E-state index contributed by atoms with van der Waals surface area (Å²) in [5.41, 5.74) is 11.5. The van der Waals surface area contributed by atoms with Gasteiger partial charge in [0.15, 0.2) is 0 Å². The van der Waals surface area contributed by atoms with E-state index >= 15 is 0 Å². The number of nitrogen functional groups attached to an aromatic ring is 1. The number of anilines is 1. The van der Waals surface area contributed by atoms with Gasteiger partial charge >= 0.3 is 0 Å². The maximum atomic E-state index is 10.5. The van der Waals surface area contributed by atoms with E-state index in [1.807, 2.05) is 0 Å². The van der Waals surface area contributed by atoms with Gasteiger partial charge in [0.2, 0.25) is 5.91 Å². The molecule has 0 fully saturated rings. The van der Waals surface area contributed by atoms with Crippen molar-refractivity contribution >= 4 is 36.4 Å². The molecule has 0 spiro atoms. The summed E-state index contributed by atoms with van der Waals surface area (Å²) >= 11 is 0. The molecule has 3 nitrogen and oxygen atoms in total. The van der Waals surface area contributed by atoms with Crippen molar-refractivity contribution in [2.75, 3.05) is 5.73 Å². The normalized spacial score (nSPS) is 7.67. The average molecular weight is 209 g/mol. The summed E-state index contributed by atoms with van der Waals surface area (Å²) < 4.78 is 0. The summed E-state index contributed by atoms with van der Waals surface area (Å²) in [5.74, 6) is -0.431. The highest BCUT2D eigenvalue weighted by molar-refractivity contribution is 5.93. The quantitative estimate of drug-likeness (QED) is 0.682. The molecule has 0 aromatic heterocycles. The molecule has 1 amide bonds. The zero-order valence-electron chi connectivity index (χ0n) is 6.19. The Morgan fingerprint density at radius 2 is 1.50 bits per heavy atom. The Hall–Kier alpha value is -0.930. The molecular weight excluding hydrogens is 199 g/mol. The maximum Gasteiger partial charge on any atom is 0.248 e. The molecule has 0 bridgehead atoms. The number of halogens is 2. The summed E-state index contributed by atoms with van der Waals surface area (Å²) in [4.78, 5) is 10.5. The van der Waals surface area contributed by atoms with E-state index in [0.29, 0.717) is 11.3 Å². The molecule has 0 saturated heterocycles. The van der Waals surface area contributed by atoms with Crippen molar-refractivity contribution in [3.8, 4) is 0 Å². The predicted octanol–water partition coefficient (Wildman–Crippen LogP) is 1.21. The van der Waals surface area contributed by atoms with Gasteiger partial charge in [-0.2, -0.15) is 0 Å². The highest BCUT2D eigenvalue weighted by Crippen LogP contribution is 2.03. The number of amides is 1. The fourth-order valence-electron chi connectivity index (χ4n) is 0.647. The number of carbonyl (C=O) groups is 1. The van der Waals surface area contributed by atoms with E-state index in [4.69, 9.17) is 11.5 Å². The highest BCUT2D eigenvalue weighted by Gasteiger charge is 1.96. The number of carbonyl (C=O) groups excluding carboxylic acids is 1. The van der Waals surface area contributed by atoms with Crippen LogP contribution in [0.3, 0.4) is 0 Å². The van der Waals surface area contributed by atoms with E-state index in [-0.39, 0.29) is 24.8 Å². The lowest BCUT2D eigenvalue weighted by atomic mass is 10.2. The van der Waals surface area contributed by atoms with E-state index in [9.17, 15) is 4.79 Å². The van der Waals surface area contributed by atoms with Crippen LogP contribution in [0.5, 0.6) is 0 Å². The molecular formula is C7H10Cl2N2O. The molecule has 0 aliphatic rings. The molecule has 0 aliphatic carbocycles. The minimum Gasteiger partial charge on any atom is -0.399 e. The first kappa shape index (κ1) is 13.6. The molecule has 68 valence electrons. The van der Waals surface area contributed by atoms with Gasteiger partial charge in [-0.05, 0) is 24.3 Å². The van der Waals surface area contributed by atoms with Crippen LogP contribution in [0.4, 0.5) is 5.69 Å². The number of hydrogen-bond acceptors (Lipinski definition) is 2.